The standard InChI is InChI=1S/C20H20N4O3S/c1-13-9-16(25)17(27-12-14-5-3-2-4-6-14)10-24(13)11-18(26)21-20-23-22-19(28-20)15-7-8-15/h2-6,9-10,15H,7-8,11-12H2,1H3,(H,21,23,26). The van der Waals surface area contributed by atoms with Gasteiger partial charge >= 0.3 is 0 Å². The predicted octanol–water partition coefficient (Wildman–Crippen LogP) is 3.10. The normalized spacial score (nSPS) is 13.3. The maximum Gasteiger partial charge on any atom is 0.246 e. The van der Waals surface area contributed by atoms with E-state index >= 15 is 0 Å². The number of carbonyl (C=O) groups is 1. The average molecular weight is 396 g/mol. The van der Waals surface area contributed by atoms with Crippen LogP contribution in [0.3, 0.4) is 0 Å². The summed E-state index contributed by atoms with van der Waals surface area (Å²) in [5, 5.41) is 12.4. The SMILES string of the molecule is Cc1cc(=O)c(OCc2ccccc2)cn1CC(=O)Nc1nnc(C2CC2)s1. The molecule has 7 nitrogen and oxygen atoms in total. The third kappa shape index (κ3) is 4.45. The summed E-state index contributed by atoms with van der Waals surface area (Å²) in [6.45, 7) is 2.14. The molecule has 1 fully saturated rings. The number of anilines is 1. The van der Waals surface area contributed by atoms with Crippen molar-refractivity contribution in [3.05, 3.63) is 69.1 Å². The van der Waals surface area contributed by atoms with Crippen molar-refractivity contribution in [1.82, 2.24) is 14.8 Å². The number of ether oxygens (including phenoxy) is 1. The molecule has 2 aromatic heterocycles. The lowest BCUT2D eigenvalue weighted by Gasteiger charge is -2.13. The van der Waals surface area contributed by atoms with Crippen LogP contribution >= 0.6 is 11.3 Å². The molecule has 144 valence electrons. The Morgan fingerprint density at radius 3 is 2.82 bits per heavy atom. The number of hydrogen-bond acceptors (Lipinski definition) is 6. The van der Waals surface area contributed by atoms with Crippen LogP contribution in [-0.4, -0.2) is 20.7 Å². The first-order valence-corrected chi connectivity index (χ1v) is 9.91. The van der Waals surface area contributed by atoms with E-state index in [1.54, 1.807) is 17.7 Å². The lowest BCUT2D eigenvalue weighted by atomic mass is 10.2. The highest BCUT2D eigenvalue weighted by atomic mass is 32.1. The Labute approximate surface area is 166 Å². The third-order valence-corrected chi connectivity index (χ3v) is 5.47. The van der Waals surface area contributed by atoms with E-state index < -0.39 is 0 Å². The summed E-state index contributed by atoms with van der Waals surface area (Å²) in [6, 6.07) is 11.1. The van der Waals surface area contributed by atoms with Gasteiger partial charge in [0.2, 0.25) is 16.5 Å². The smallest absolute Gasteiger partial charge is 0.246 e. The van der Waals surface area contributed by atoms with Gasteiger partial charge in [-0.1, -0.05) is 41.7 Å². The van der Waals surface area contributed by atoms with Crippen LogP contribution < -0.4 is 15.5 Å². The molecule has 8 heteroatoms. The number of hydrogen-bond donors (Lipinski definition) is 1. The number of nitrogens with one attached hydrogen (secondary N) is 1. The molecular formula is C20H20N4O3S. The van der Waals surface area contributed by atoms with E-state index in [9.17, 15) is 9.59 Å². The molecule has 0 aliphatic heterocycles. The van der Waals surface area contributed by atoms with Gasteiger partial charge in [-0.05, 0) is 25.3 Å². The van der Waals surface area contributed by atoms with Gasteiger partial charge in [-0.15, -0.1) is 10.2 Å². The number of benzene rings is 1. The molecule has 28 heavy (non-hydrogen) atoms. The lowest BCUT2D eigenvalue weighted by Crippen LogP contribution is -2.22. The minimum Gasteiger partial charge on any atom is -0.483 e. The highest BCUT2D eigenvalue weighted by Crippen LogP contribution is 2.42. The van der Waals surface area contributed by atoms with Gasteiger partial charge in [-0.3, -0.25) is 14.9 Å². The van der Waals surface area contributed by atoms with Gasteiger partial charge in [0.1, 0.15) is 18.2 Å². The molecule has 4 rings (SSSR count). The van der Waals surface area contributed by atoms with Crippen molar-refractivity contribution in [2.45, 2.75) is 38.8 Å². The summed E-state index contributed by atoms with van der Waals surface area (Å²) in [6.07, 6.45) is 3.87. The fourth-order valence-corrected chi connectivity index (χ4v) is 3.69. The van der Waals surface area contributed by atoms with Crippen molar-refractivity contribution in [3.8, 4) is 5.75 Å². The van der Waals surface area contributed by atoms with E-state index in [0.29, 0.717) is 23.4 Å². The van der Waals surface area contributed by atoms with Crippen LogP contribution in [0.1, 0.15) is 35.0 Å². The molecule has 0 atom stereocenters. The number of nitrogens with zero attached hydrogens (tertiary/aromatic N) is 3. The van der Waals surface area contributed by atoms with E-state index in [1.807, 2.05) is 30.3 Å². The van der Waals surface area contributed by atoms with Crippen molar-refractivity contribution in [2.24, 2.45) is 0 Å². The zero-order chi connectivity index (χ0) is 19.5. The zero-order valence-electron chi connectivity index (χ0n) is 15.4. The first kappa shape index (κ1) is 18.4. The summed E-state index contributed by atoms with van der Waals surface area (Å²) in [5.74, 6) is 0.502. The molecular weight excluding hydrogens is 376 g/mol. The maximum atomic E-state index is 12.4. The fourth-order valence-electron chi connectivity index (χ4n) is 2.76. The summed E-state index contributed by atoms with van der Waals surface area (Å²) >= 11 is 1.42. The summed E-state index contributed by atoms with van der Waals surface area (Å²) in [5.41, 5.74) is 1.45. The molecule has 0 unspecified atom stereocenters. The number of aryl methyl sites for hydroxylation is 1. The van der Waals surface area contributed by atoms with Crippen molar-refractivity contribution >= 4 is 22.4 Å². The van der Waals surface area contributed by atoms with Gasteiger partial charge in [0.15, 0.2) is 5.75 Å². The van der Waals surface area contributed by atoms with Crippen LogP contribution in [-0.2, 0) is 17.9 Å². The van der Waals surface area contributed by atoms with Crippen molar-refractivity contribution in [2.75, 3.05) is 5.32 Å². The van der Waals surface area contributed by atoms with E-state index in [2.05, 4.69) is 15.5 Å². The van der Waals surface area contributed by atoms with Gasteiger partial charge in [-0.2, -0.15) is 0 Å². The largest absolute Gasteiger partial charge is 0.483 e. The topological polar surface area (TPSA) is 86.1 Å². The number of rotatable bonds is 7. The maximum absolute atomic E-state index is 12.4. The second kappa shape index (κ2) is 7.93. The number of amides is 1. The molecule has 1 aliphatic rings. The minimum absolute atomic E-state index is 0.0617. The minimum atomic E-state index is -0.223. The van der Waals surface area contributed by atoms with Crippen LogP contribution in [0.25, 0.3) is 0 Å². The Morgan fingerprint density at radius 2 is 2.07 bits per heavy atom. The van der Waals surface area contributed by atoms with E-state index in [1.165, 1.54) is 17.4 Å². The first-order valence-electron chi connectivity index (χ1n) is 9.09. The molecule has 0 bridgehead atoms. The summed E-state index contributed by atoms with van der Waals surface area (Å²) < 4.78 is 7.36. The van der Waals surface area contributed by atoms with Gasteiger partial charge in [-0.25, -0.2) is 0 Å². The van der Waals surface area contributed by atoms with Crippen LogP contribution in [0.15, 0.2) is 47.4 Å². The molecule has 0 spiro atoms. The molecule has 1 saturated carbocycles. The number of aromatic nitrogens is 3. The van der Waals surface area contributed by atoms with Gasteiger partial charge in [0.25, 0.3) is 0 Å². The fraction of sp³-hybridized carbons (Fsp3) is 0.300. The zero-order valence-corrected chi connectivity index (χ0v) is 16.2. The van der Waals surface area contributed by atoms with Gasteiger partial charge in [0, 0.05) is 17.7 Å². The Hall–Kier alpha value is -3.00. The molecule has 1 N–H and O–H groups in total. The first-order chi connectivity index (χ1) is 13.6. The number of carbonyl (C=O) groups excluding carboxylic acids is 1. The van der Waals surface area contributed by atoms with Gasteiger partial charge in [0.05, 0.1) is 6.20 Å². The Balaban J connectivity index is 1.42. The van der Waals surface area contributed by atoms with E-state index in [4.69, 9.17) is 4.74 Å². The Kier molecular flexibility index (Phi) is 5.21. The molecule has 2 heterocycles. The van der Waals surface area contributed by atoms with Crippen LogP contribution in [0.4, 0.5) is 5.13 Å². The Morgan fingerprint density at radius 1 is 1.29 bits per heavy atom. The predicted molar refractivity (Wildman–Crippen MR) is 107 cm³/mol. The highest BCUT2D eigenvalue weighted by molar-refractivity contribution is 7.15. The Bertz CT molecular complexity index is 1040. The van der Waals surface area contributed by atoms with Crippen LogP contribution in [0.5, 0.6) is 5.75 Å². The quantitative estimate of drug-likeness (QED) is 0.663. The molecule has 1 amide bonds. The van der Waals surface area contributed by atoms with Crippen LogP contribution in [0.2, 0.25) is 0 Å². The molecule has 3 aromatic rings. The second-order valence-corrected chi connectivity index (χ2v) is 7.82. The monoisotopic (exact) mass is 396 g/mol. The average Bonchev–Trinajstić information content (AvgIpc) is 3.43. The lowest BCUT2D eigenvalue weighted by molar-refractivity contribution is -0.116. The van der Waals surface area contributed by atoms with Gasteiger partial charge < -0.3 is 9.30 Å². The van der Waals surface area contributed by atoms with E-state index in [0.717, 1.165) is 23.4 Å². The number of pyridine rings is 1. The molecule has 0 saturated heterocycles. The van der Waals surface area contributed by atoms with Crippen molar-refractivity contribution in [3.63, 3.8) is 0 Å². The molecule has 0 radical (unpaired) electrons. The molecule has 1 aliphatic carbocycles. The van der Waals surface area contributed by atoms with Crippen molar-refractivity contribution < 1.29 is 9.53 Å². The second-order valence-electron chi connectivity index (χ2n) is 6.81. The summed E-state index contributed by atoms with van der Waals surface area (Å²) in [4.78, 5) is 24.6. The van der Waals surface area contributed by atoms with E-state index in [-0.39, 0.29) is 23.6 Å². The van der Waals surface area contributed by atoms with Crippen LogP contribution in [0, 0.1) is 6.92 Å². The summed E-state index contributed by atoms with van der Waals surface area (Å²) in [7, 11) is 0. The van der Waals surface area contributed by atoms with Crippen molar-refractivity contribution in [1.29, 1.82) is 0 Å². The highest BCUT2D eigenvalue weighted by Gasteiger charge is 2.27. The third-order valence-electron chi connectivity index (χ3n) is 4.47. The molecule has 1 aromatic carbocycles.